The summed E-state index contributed by atoms with van der Waals surface area (Å²) in [7, 11) is -7.45. The van der Waals surface area contributed by atoms with Crippen LogP contribution in [-0.2, 0) is 29.0 Å². The van der Waals surface area contributed by atoms with Crippen LogP contribution in [0.5, 0.6) is 0 Å². The van der Waals surface area contributed by atoms with Crippen LogP contribution < -0.4 is 0 Å². The number of rotatable bonds is 18. The summed E-state index contributed by atoms with van der Waals surface area (Å²) in [6.45, 7) is -5.41. The number of ether oxygens (including phenoxy) is 4. The number of hydrogen-bond acceptors (Lipinski definition) is 6. The fraction of sp³-hybridized carbons (Fsp3) is 1.00. The van der Waals surface area contributed by atoms with Crippen molar-refractivity contribution in [3.8, 4) is 0 Å². The highest BCUT2D eigenvalue weighted by Gasteiger charge is 2.96. The average Bonchev–Trinajstić information content (AvgIpc) is 3.77. The van der Waals surface area contributed by atoms with Crippen molar-refractivity contribution in [1.29, 1.82) is 0 Å². The highest BCUT2D eigenvalue weighted by atomic mass is 32.2. The highest BCUT2D eigenvalue weighted by Crippen LogP contribution is 2.64. The number of alkyl halides is 17. The molecule has 0 aromatic carbocycles. The molecule has 0 amide bonds. The zero-order chi connectivity index (χ0) is 33.7. The Labute approximate surface area is 229 Å². The Morgan fingerprint density at radius 1 is 0.558 bits per heavy atom. The van der Waals surface area contributed by atoms with Crippen molar-refractivity contribution in [2.75, 3.05) is 52.7 Å². The quantitative estimate of drug-likeness (QED) is 0.120. The Hall–Kier alpha value is -1.44. The lowest BCUT2D eigenvalue weighted by atomic mass is 9.91. The lowest BCUT2D eigenvalue weighted by molar-refractivity contribution is -0.458. The van der Waals surface area contributed by atoms with Gasteiger partial charge in [0.15, 0.2) is 0 Å². The maximum atomic E-state index is 14.6. The maximum absolute atomic E-state index is 14.6. The molecular formula is C18H18F17NO6S. The van der Waals surface area contributed by atoms with Crippen molar-refractivity contribution < 1.29 is 102 Å². The summed E-state index contributed by atoms with van der Waals surface area (Å²) >= 11 is 0. The number of sulfonamides is 1. The first-order valence-electron chi connectivity index (χ1n) is 11.2. The molecule has 0 saturated carbocycles. The SMILES string of the molecule is O=S(=O)(N(CCOCC1CO1)CCOCC1CO1)C(F)(F)C(F)(F)C(F)(F)C(F)(F)C(F)(F)C(F)(F)C(F)(F)C(F)(F)F. The van der Waals surface area contributed by atoms with E-state index in [0.29, 0.717) is 0 Å². The van der Waals surface area contributed by atoms with Crippen LogP contribution in [0.2, 0.25) is 0 Å². The van der Waals surface area contributed by atoms with Crippen LogP contribution in [0, 0.1) is 0 Å². The van der Waals surface area contributed by atoms with E-state index in [1.54, 1.807) is 0 Å². The predicted molar refractivity (Wildman–Crippen MR) is 102 cm³/mol. The van der Waals surface area contributed by atoms with E-state index in [4.69, 9.17) is 9.47 Å². The van der Waals surface area contributed by atoms with Gasteiger partial charge >= 0.3 is 47.0 Å². The zero-order valence-electron chi connectivity index (χ0n) is 20.5. The van der Waals surface area contributed by atoms with Gasteiger partial charge < -0.3 is 18.9 Å². The zero-order valence-corrected chi connectivity index (χ0v) is 21.4. The second kappa shape index (κ2) is 11.7. The molecule has 256 valence electrons. The van der Waals surface area contributed by atoms with E-state index in [0.717, 1.165) is 0 Å². The standard InChI is InChI=1S/C18H18F17NO6S/c19-11(20,13(23,24)15(27,28)17(31,32)33)12(21,22)14(25,26)16(29,30)18(34,35)43(37,38)36(1-3-39-5-9-7-41-9)2-4-40-6-10-8-42-10/h9-10H,1-8H2. The van der Waals surface area contributed by atoms with E-state index < -0.39 is 99.8 Å². The molecule has 7 nitrogen and oxygen atoms in total. The minimum absolute atomic E-state index is 0.116. The fourth-order valence-electron chi connectivity index (χ4n) is 2.92. The molecule has 0 bridgehead atoms. The summed E-state index contributed by atoms with van der Waals surface area (Å²) in [4.78, 5) is 0. The second-order valence-corrected chi connectivity index (χ2v) is 10.9. The molecule has 0 spiro atoms. The highest BCUT2D eigenvalue weighted by molar-refractivity contribution is 7.90. The smallest absolute Gasteiger partial charge is 0.377 e. The summed E-state index contributed by atoms with van der Waals surface area (Å²) in [5.74, 6) is -51.9. The van der Waals surface area contributed by atoms with Gasteiger partial charge in [0, 0.05) is 13.1 Å². The summed E-state index contributed by atoms with van der Waals surface area (Å²) in [6, 6.07) is 0. The monoisotopic (exact) mass is 699 g/mol. The molecule has 2 rings (SSSR count). The Balaban J connectivity index is 2.45. The Morgan fingerprint density at radius 2 is 0.860 bits per heavy atom. The van der Waals surface area contributed by atoms with E-state index in [9.17, 15) is 83.1 Å². The van der Waals surface area contributed by atoms with Gasteiger partial charge in [-0.1, -0.05) is 0 Å². The van der Waals surface area contributed by atoms with Crippen LogP contribution in [0.25, 0.3) is 0 Å². The first kappa shape index (κ1) is 37.7. The number of nitrogens with zero attached hydrogens (tertiary/aromatic N) is 1. The number of hydrogen-bond donors (Lipinski definition) is 0. The van der Waals surface area contributed by atoms with Crippen molar-refractivity contribution in [2.45, 2.75) is 59.2 Å². The Kier molecular flexibility index (Phi) is 10.3. The summed E-state index contributed by atoms with van der Waals surface area (Å²) in [6.07, 6.45) is -9.03. The lowest BCUT2D eigenvalue weighted by Crippen LogP contribution is -2.75. The van der Waals surface area contributed by atoms with E-state index in [1.807, 2.05) is 0 Å². The van der Waals surface area contributed by atoms with Crippen molar-refractivity contribution in [2.24, 2.45) is 0 Å². The Morgan fingerprint density at radius 3 is 1.16 bits per heavy atom. The lowest BCUT2D eigenvalue weighted by Gasteiger charge is -2.43. The third-order valence-electron chi connectivity index (χ3n) is 5.74. The molecule has 2 heterocycles. The molecule has 0 N–H and O–H groups in total. The number of epoxide rings is 2. The molecule has 0 aromatic heterocycles. The molecule has 2 atom stereocenters. The van der Waals surface area contributed by atoms with Gasteiger partial charge in [-0.15, -0.1) is 0 Å². The molecule has 2 unspecified atom stereocenters. The second-order valence-electron chi connectivity index (χ2n) is 8.93. The first-order chi connectivity index (χ1) is 19.1. The molecule has 2 aliphatic heterocycles. The normalized spacial score (nSPS) is 21.4. The van der Waals surface area contributed by atoms with Crippen LogP contribution in [0.15, 0.2) is 0 Å². The predicted octanol–water partition coefficient (Wildman–Crippen LogP) is 4.42. The molecule has 25 heteroatoms. The largest absolute Gasteiger partial charge is 0.460 e. The van der Waals surface area contributed by atoms with E-state index in [-0.39, 0.29) is 26.4 Å². The van der Waals surface area contributed by atoms with Crippen LogP contribution in [-0.4, -0.2) is 125 Å². The van der Waals surface area contributed by atoms with Gasteiger partial charge in [0.2, 0.25) is 0 Å². The average molecular weight is 699 g/mol. The summed E-state index contributed by atoms with van der Waals surface area (Å²) in [5, 5.41) is -7.65. The van der Waals surface area contributed by atoms with Gasteiger partial charge in [0.25, 0.3) is 10.0 Å². The molecule has 2 fully saturated rings. The van der Waals surface area contributed by atoms with Crippen LogP contribution in [0.1, 0.15) is 0 Å². The first-order valence-corrected chi connectivity index (χ1v) is 12.6. The molecule has 43 heavy (non-hydrogen) atoms. The van der Waals surface area contributed by atoms with Crippen LogP contribution in [0.4, 0.5) is 74.6 Å². The van der Waals surface area contributed by atoms with E-state index in [2.05, 4.69) is 9.47 Å². The molecule has 0 aromatic rings. The molecule has 0 radical (unpaired) electrons. The molecule has 0 aliphatic carbocycles. The third kappa shape index (κ3) is 6.47. The minimum atomic E-state index is -8.90. The van der Waals surface area contributed by atoms with Crippen molar-refractivity contribution in [1.82, 2.24) is 4.31 Å². The molecule has 2 aliphatic rings. The van der Waals surface area contributed by atoms with Gasteiger partial charge in [-0.05, 0) is 0 Å². The summed E-state index contributed by atoms with van der Waals surface area (Å²) in [5.41, 5.74) is 0. The van der Waals surface area contributed by atoms with Crippen molar-refractivity contribution in [3.05, 3.63) is 0 Å². The fourth-order valence-corrected chi connectivity index (χ4v) is 4.32. The molecule has 2 saturated heterocycles. The Bertz CT molecular complexity index is 1060. The topological polar surface area (TPSA) is 80.9 Å². The van der Waals surface area contributed by atoms with Gasteiger partial charge in [-0.3, -0.25) is 0 Å². The minimum Gasteiger partial charge on any atom is -0.377 e. The van der Waals surface area contributed by atoms with Crippen LogP contribution >= 0.6 is 0 Å². The van der Waals surface area contributed by atoms with Gasteiger partial charge in [-0.25, -0.2) is 8.42 Å². The van der Waals surface area contributed by atoms with Gasteiger partial charge in [0.1, 0.15) is 12.2 Å². The van der Waals surface area contributed by atoms with E-state index >= 15 is 0 Å². The van der Waals surface area contributed by atoms with Crippen LogP contribution in [0.3, 0.4) is 0 Å². The van der Waals surface area contributed by atoms with Crippen molar-refractivity contribution in [3.63, 3.8) is 0 Å². The summed E-state index contributed by atoms with van der Waals surface area (Å²) < 4.78 is 273. The van der Waals surface area contributed by atoms with E-state index in [1.165, 1.54) is 0 Å². The van der Waals surface area contributed by atoms with Gasteiger partial charge in [-0.2, -0.15) is 78.9 Å². The maximum Gasteiger partial charge on any atom is 0.460 e. The third-order valence-corrected chi connectivity index (χ3v) is 7.69. The number of halogens is 17. The van der Waals surface area contributed by atoms with Gasteiger partial charge in [0.05, 0.1) is 39.6 Å². The molecular weight excluding hydrogens is 681 g/mol. The van der Waals surface area contributed by atoms with Crippen molar-refractivity contribution >= 4 is 10.0 Å².